The number of aromatic nitrogens is 2. The first-order valence-corrected chi connectivity index (χ1v) is 6.22. The van der Waals surface area contributed by atoms with Gasteiger partial charge in [-0.2, -0.15) is 18.3 Å². The van der Waals surface area contributed by atoms with Crippen LogP contribution in [0.5, 0.6) is 0 Å². The van der Waals surface area contributed by atoms with Gasteiger partial charge in [0.15, 0.2) is 5.69 Å². The Morgan fingerprint density at radius 1 is 1.29 bits per heavy atom. The Kier molecular flexibility index (Phi) is 5.31. The van der Waals surface area contributed by atoms with Gasteiger partial charge < -0.3 is 0 Å². The zero-order valence-electron chi connectivity index (χ0n) is 9.73. The zero-order valence-corrected chi connectivity index (χ0v) is 10.5. The van der Waals surface area contributed by atoms with Gasteiger partial charge >= 0.3 is 6.18 Å². The summed E-state index contributed by atoms with van der Waals surface area (Å²) in [6, 6.07) is 1.02. The van der Waals surface area contributed by atoms with Crippen molar-refractivity contribution in [2.24, 2.45) is 0 Å². The Hall–Kier alpha value is -0.710. The molecule has 1 rings (SSSR count). The van der Waals surface area contributed by atoms with Crippen LogP contribution in [-0.2, 0) is 18.6 Å². The molecular weight excluding hydrogens is 253 g/mol. The van der Waals surface area contributed by atoms with Crippen LogP contribution in [0, 0.1) is 0 Å². The summed E-state index contributed by atoms with van der Waals surface area (Å²) in [7, 11) is 0. The lowest BCUT2D eigenvalue weighted by Crippen LogP contribution is -2.08. The van der Waals surface area contributed by atoms with Crippen molar-refractivity contribution in [2.75, 3.05) is 0 Å². The molecule has 0 unspecified atom stereocenters. The van der Waals surface area contributed by atoms with Gasteiger partial charge in [-0.1, -0.05) is 26.2 Å². The van der Waals surface area contributed by atoms with E-state index < -0.39 is 11.9 Å². The molecule has 98 valence electrons. The standard InChI is InChI=1S/C11H16ClF3N2/c1-2-3-4-5-6-17-9(8-12)7-10(16-17)11(13,14)15/h7H,2-6,8H2,1H3. The van der Waals surface area contributed by atoms with Crippen molar-refractivity contribution in [1.29, 1.82) is 0 Å². The lowest BCUT2D eigenvalue weighted by molar-refractivity contribution is -0.141. The SMILES string of the molecule is CCCCCCn1nc(C(F)(F)F)cc1CCl. The van der Waals surface area contributed by atoms with Gasteiger partial charge in [0, 0.05) is 6.54 Å². The molecule has 0 aliphatic rings. The molecule has 0 amide bonds. The van der Waals surface area contributed by atoms with Crippen LogP contribution in [0.15, 0.2) is 6.07 Å². The van der Waals surface area contributed by atoms with Crippen LogP contribution in [0.3, 0.4) is 0 Å². The molecule has 17 heavy (non-hydrogen) atoms. The van der Waals surface area contributed by atoms with Crippen LogP contribution in [0.4, 0.5) is 13.2 Å². The van der Waals surface area contributed by atoms with Crippen molar-refractivity contribution < 1.29 is 13.2 Å². The van der Waals surface area contributed by atoms with Crippen LogP contribution in [-0.4, -0.2) is 9.78 Å². The van der Waals surface area contributed by atoms with Crippen molar-refractivity contribution in [2.45, 2.75) is 51.2 Å². The summed E-state index contributed by atoms with van der Waals surface area (Å²) in [4.78, 5) is 0. The van der Waals surface area contributed by atoms with Crippen LogP contribution in [0.2, 0.25) is 0 Å². The largest absolute Gasteiger partial charge is 0.435 e. The maximum Gasteiger partial charge on any atom is 0.435 e. The van der Waals surface area contributed by atoms with Gasteiger partial charge in [0.1, 0.15) is 0 Å². The molecule has 0 radical (unpaired) electrons. The number of aryl methyl sites for hydroxylation is 1. The van der Waals surface area contributed by atoms with E-state index in [0.717, 1.165) is 31.7 Å². The first-order chi connectivity index (χ1) is 7.99. The minimum atomic E-state index is -4.39. The third-order valence-electron chi connectivity index (χ3n) is 2.51. The quantitative estimate of drug-likeness (QED) is 0.558. The Morgan fingerprint density at radius 3 is 2.53 bits per heavy atom. The third-order valence-corrected chi connectivity index (χ3v) is 2.79. The summed E-state index contributed by atoms with van der Waals surface area (Å²) in [6.45, 7) is 2.58. The maximum atomic E-state index is 12.4. The van der Waals surface area contributed by atoms with E-state index in [4.69, 9.17) is 11.6 Å². The second-order valence-electron chi connectivity index (χ2n) is 3.94. The van der Waals surface area contributed by atoms with Gasteiger partial charge in [0.25, 0.3) is 0 Å². The third kappa shape index (κ3) is 4.22. The van der Waals surface area contributed by atoms with Crippen molar-refractivity contribution in [3.8, 4) is 0 Å². The summed E-state index contributed by atoms with van der Waals surface area (Å²) in [5.41, 5.74) is -0.431. The van der Waals surface area contributed by atoms with Crippen LogP contribution < -0.4 is 0 Å². The number of unbranched alkanes of at least 4 members (excludes halogenated alkanes) is 3. The molecule has 0 aliphatic heterocycles. The molecule has 0 aromatic carbocycles. The predicted octanol–water partition coefficient (Wildman–Crippen LogP) is 4.22. The van der Waals surface area contributed by atoms with Crippen molar-refractivity contribution in [3.05, 3.63) is 17.5 Å². The molecular formula is C11H16ClF3N2. The topological polar surface area (TPSA) is 17.8 Å². The van der Waals surface area contributed by atoms with Gasteiger partial charge in [0.05, 0.1) is 11.6 Å². The Bertz CT molecular complexity index is 347. The van der Waals surface area contributed by atoms with Gasteiger partial charge in [-0.25, -0.2) is 0 Å². The van der Waals surface area contributed by atoms with E-state index in [1.807, 2.05) is 0 Å². The monoisotopic (exact) mass is 268 g/mol. The minimum Gasteiger partial charge on any atom is -0.268 e. The number of hydrogen-bond acceptors (Lipinski definition) is 1. The number of nitrogens with zero attached hydrogens (tertiary/aromatic N) is 2. The van der Waals surface area contributed by atoms with Crippen LogP contribution in [0.1, 0.15) is 44.0 Å². The minimum absolute atomic E-state index is 0.0524. The Morgan fingerprint density at radius 2 is 2.00 bits per heavy atom. The first kappa shape index (κ1) is 14.4. The molecule has 1 heterocycles. The second kappa shape index (κ2) is 6.28. The van der Waals surface area contributed by atoms with Crippen LogP contribution in [0.25, 0.3) is 0 Å². The highest BCUT2D eigenvalue weighted by Gasteiger charge is 2.34. The molecule has 2 nitrogen and oxygen atoms in total. The first-order valence-electron chi connectivity index (χ1n) is 5.69. The maximum absolute atomic E-state index is 12.4. The van der Waals surface area contributed by atoms with Gasteiger partial charge in [-0.15, -0.1) is 11.6 Å². The van der Waals surface area contributed by atoms with E-state index in [9.17, 15) is 13.2 Å². The second-order valence-corrected chi connectivity index (χ2v) is 4.20. The molecule has 1 aromatic rings. The molecule has 0 atom stereocenters. The van der Waals surface area contributed by atoms with Crippen molar-refractivity contribution in [3.63, 3.8) is 0 Å². The van der Waals surface area contributed by atoms with Gasteiger partial charge in [-0.05, 0) is 12.5 Å². The fourth-order valence-corrected chi connectivity index (χ4v) is 1.80. The molecule has 0 N–H and O–H groups in total. The van der Waals surface area contributed by atoms with E-state index in [0.29, 0.717) is 12.2 Å². The molecule has 0 aliphatic carbocycles. The summed E-state index contributed by atoms with van der Waals surface area (Å²) in [6.07, 6.45) is -0.384. The smallest absolute Gasteiger partial charge is 0.268 e. The molecule has 0 fully saturated rings. The zero-order chi connectivity index (χ0) is 12.9. The average molecular weight is 269 g/mol. The number of hydrogen-bond donors (Lipinski definition) is 0. The van der Waals surface area contributed by atoms with Gasteiger partial charge in [0.2, 0.25) is 0 Å². The molecule has 0 bridgehead atoms. The fourth-order valence-electron chi connectivity index (χ4n) is 1.58. The van der Waals surface area contributed by atoms with Crippen molar-refractivity contribution >= 4 is 11.6 Å². The van der Waals surface area contributed by atoms with Crippen molar-refractivity contribution in [1.82, 2.24) is 9.78 Å². The molecule has 0 saturated carbocycles. The summed E-state index contributed by atoms with van der Waals surface area (Å²) < 4.78 is 38.7. The number of rotatable bonds is 6. The average Bonchev–Trinajstić information content (AvgIpc) is 2.67. The summed E-state index contributed by atoms with van der Waals surface area (Å²) >= 11 is 5.61. The number of halogens is 4. The van der Waals surface area contributed by atoms with Crippen LogP contribution >= 0.6 is 11.6 Å². The molecule has 6 heteroatoms. The van der Waals surface area contributed by atoms with E-state index in [1.54, 1.807) is 0 Å². The lowest BCUT2D eigenvalue weighted by Gasteiger charge is -2.05. The highest BCUT2D eigenvalue weighted by Crippen LogP contribution is 2.29. The van der Waals surface area contributed by atoms with E-state index in [2.05, 4.69) is 12.0 Å². The van der Waals surface area contributed by atoms with E-state index in [-0.39, 0.29) is 5.88 Å². The normalized spacial score (nSPS) is 12.1. The highest BCUT2D eigenvalue weighted by molar-refractivity contribution is 6.16. The molecule has 0 saturated heterocycles. The van der Waals surface area contributed by atoms with E-state index in [1.165, 1.54) is 4.68 Å². The van der Waals surface area contributed by atoms with Gasteiger partial charge in [-0.3, -0.25) is 4.68 Å². The Labute approximate surface area is 104 Å². The predicted molar refractivity (Wildman–Crippen MR) is 60.9 cm³/mol. The fraction of sp³-hybridized carbons (Fsp3) is 0.727. The number of alkyl halides is 4. The highest BCUT2D eigenvalue weighted by atomic mass is 35.5. The lowest BCUT2D eigenvalue weighted by atomic mass is 10.2. The molecule has 0 spiro atoms. The Balaban J connectivity index is 2.67. The summed E-state index contributed by atoms with van der Waals surface area (Å²) in [5, 5.41) is 3.56. The van der Waals surface area contributed by atoms with E-state index >= 15 is 0 Å². The molecule has 1 aromatic heterocycles. The summed E-state index contributed by atoms with van der Waals surface area (Å²) in [5.74, 6) is 0.0524.